The van der Waals surface area contributed by atoms with Gasteiger partial charge in [-0.1, -0.05) is 0 Å². The molecule has 0 unspecified atom stereocenters. The van der Waals surface area contributed by atoms with Crippen LogP contribution in [0.3, 0.4) is 0 Å². The monoisotopic (exact) mass is 249 g/mol. The summed E-state index contributed by atoms with van der Waals surface area (Å²) in [5.41, 5.74) is -0.694. The van der Waals surface area contributed by atoms with E-state index in [4.69, 9.17) is 9.47 Å². The summed E-state index contributed by atoms with van der Waals surface area (Å²) in [6.45, 7) is 2.57. The molecule has 7 heteroatoms. The first-order valence-electron chi connectivity index (χ1n) is 5.16. The van der Waals surface area contributed by atoms with E-state index in [1.54, 1.807) is 6.92 Å². The van der Waals surface area contributed by atoms with Crippen molar-refractivity contribution in [1.29, 1.82) is 0 Å². The van der Waals surface area contributed by atoms with Crippen LogP contribution < -0.4 is 5.32 Å². The topological polar surface area (TPSA) is 85.0 Å². The maximum absolute atomic E-state index is 11.4. The van der Waals surface area contributed by atoms with Crippen molar-refractivity contribution < 1.29 is 22.7 Å². The molecule has 2 rings (SSSR count). The number of nitrogens with one attached hydrogen (secondary N) is 1. The van der Waals surface area contributed by atoms with E-state index in [1.165, 1.54) is 0 Å². The number of sulfone groups is 1. The van der Waals surface area contributed by atoms with Gasteiger partial charge in [-0.25, -0.2) is 13.2 Å². The van der Waals surface area contributed by atoms with Crippen LogP contribution in [-0.2, 0) is 19.3 Å². The number of ether oxygens (including phenoxy) is 2. The van der Waals surface area contributed by atoms with Crippen molar-refractivity contribution in [2.24, 2.45) is 0 Å². The summed E-state index contributed by atoms with van der Waals surface area (Å²) in [5, 5.41) is 2.60. The first-order chi connectivity index (χ1) is 7.39. The molecule has 0 bridgehead atoms. The van der Waals surface area contributed by atoms with Crippen LogP contribution in [0.4, 0.5) is 4.79 Å². The lowest BCUT2D eigenvalue weighted by atomic mass is 10.0. The Hall–Kier alpha value is -0.820. The molecular formula is C9H15NO5S. The Balaban J connectivity index is 1.81. The maximum atomic E-state index is 11.4. The molecule has 92 valence electrons. The van der Waals surface area contributed by atoms with E-state index in [0.29, 0.717) is 13.0 Å². The largest absolute Gasteiger partial charge is 0.447 e. The molecule has 0 aromatic carbocycles. The lowest BCUT2D eigenvalue weighted by molar-refractivity contribution is 0.127. The zero-order valence-corrected chi connectivity index (χ0v) is 9.88. The van der Waals surface area contributed by atoms with Gasteiger partial charge in [0.1, 0.15) is 12.7 Å². The molecule has 6 nitrogen and oxygen atoms in total. The number of epoxide rings is 1. The molecule has 0 aromatic rings. The Labute approximate surface area is 94.2 Å². The Kier molecular flexibility index (Phi) is 2.83. The van der Waals surface area contributed by atoms with Crippen molar-refractivity contribution in [3.05, 3.63) is 0 Å². The van der Waals surface area contributed by atoms with Crippen molar-refractivity contribution in [2.45, 2.75) is 25.0 Å². The fourth-order valence-corrected chi connectivity index (χ4v) is 3.82. The summed E-state index contributed by atoms with van der Waals surface area (Å²) in [6, 6.07) is 0. The highest BCUT2D eigenvalue weighted by atomic mass is 32.2. The molecule has 2 fully saturated rings. The Bertz CT molecular complexity index is 389. The average molecular weight is 249 g/mol. The van der Waals surface area contributed by atoms with Gasteiger partial charge in [-0.3, -0.25) is 0 Å². The van der Waals surface area contributed by atoms with Gasteiger partial charge in [-0.15, -0.1) is 0 Å². The van der Waals surface area contributed by atoms with E-state index in [1.807, 2.05) is 0 Å². The molecule has 0 aromatic heterocycles. The minimum atomic E-state index is -3.01. The van der Waals surface area contributed by atoms with Crippen molar-refractivity contribution in [2.75, 3.05) is 24.7 Å². The number of hydrogen-bond donors (Lipinski definition) is 1. The number of hydrogen-bond acceptors (Lipinski definition) is 5. The molecule has 2 heterocycles. The van der Waals surface area contributed by atoms with Gasteiger partial charge in [0.25, 0.3) is 0 Å². The second kappa shape index (κ2) is 3.89. The number of carbonyl (C=O) groups excluding carboxylic acids is 1. The standard InChI is InChI=1S/C9H15NO5S/c1-9(2-3-16(12,13)6-9)10-8(11)15-5-7-4-14-7/h7H,2-6H2,1H3,(H,10,11)/t7-,9-/m1/s1. The highest BCUT2D eigenvalue weighted by Gasteiger charge is 2.40. The third-order valence-corrected chi connectivity index (χ3v) is 4.61. The molecule has 0 spiro atoms. The van der Waals surface area contributed by atoms with Gasteiger partial charge in [0.2, 0.25) is 0 Å². The highest BCUT2D eigenvalue weighted by molar-refractivity contribution is 7.91. The maximum Gasteiger partial charge on any atom is 0.407 e. The zero-order valence-electron chi connectivity index (χ0n) is 9.06. The van der Waals surface area contributed by atoms with Gasteiger partial charge in [0.05, 0.1) is 23.7 Å². The fraction of sp³-hybridized carbons (Fsp3) is 0.889. The quantitative estimate of drug-likeness (QED) is 0.693. The SMILES string of the molecule is C[C@@]1(NC(=O)OC[C@H]2CO2)CCS(=O)(=O)C1. The fourth-order valence-electron chi connectivity index (χ4n) is 1.72. The molecule has 1 amide bonds. The van der Waals surface area contributed by atoms with Crippen LogP contribution in [0.15, 0.2) is 0 Å². The third-order valence-electron chi connectivity index (χ3n) is 2.71. The van der Waals surface area contributed by atoms with Gasteiger partial charge in [-0.2, -0.15) is 0 Å². The van der Waals surface area contributed by atoms with Crippen LogP contribution in [0, 0.1) is 0 Å². The second-order valence-electron chi connectivity index (χ2n) is 4.58. The summed E-state index contributed by atoms with van der Waals surface area (Å²) in [7, 11) is -3.01. The molecule has 0 aliphatic carbocycles. The van der Waals surface area contributed by atoms with Gasteiger partial charge in [0.15, 0.2) is 9.84 Å². The van der Waals surface area contributed by atoms with Gasteiger partial charge in [-0.05, 0) is 13.3 Å². The lowest BCUT2D eigenvalue weighted by Crippen LogP contribution is -2.47. The molecule has 2 atom stereocenters. The van der Waals surface area contributed by atoms with Crippen LogP contribution in [-0.4, -0.2) is 50.9 Å². The van der Waals surface area contributed by atoms with Crippen LogP contribution in [0.2, 0.25) is 0 Å². The van der Waals surface area contributed by atoms with Crippen molar-refractivity contribution in [3.8, 4) is 0 Å². The highest BCUT2D eigenvalue weighted by Crippen LogP contribution is 2.22. The summed E-state index contributed by atoms with van der Waals surface area (Å²) in [4.78, 5) is 11.4. The first kappa shape index (κ1) is 11.7. The number of carbonyl (C=O) groups is 1. The van der Waals surface area contributed by atoms with E-state index in [2.05, 4.69) is 5.32 Å². The summed E-state index contributed by atoms with van der Waals surface area (Å²) < 4.78 is 32.4. The Morgan fingerprint density at radius 2 is 2.31 bits per heavy atom. The van der Waals surface area contributed by atoms with Crippen molar-refractivity contribution >= 4 is 15.9 Å². The molecule has 2 aliphatic heterocycles. The molecule has 2 aliphatic rings. The number of alkyl carbamates (subject to hydrolysis) is 1. The second-order valence-corrected chi connectivity index (χ2v) is 6.77. The van der Waals surface area contributed by atoms with Crippen molar-refractivity contribution in [1.82, 2.24) is 5.32 Å². The zero-order chi connectivity index (χ0) is 11.8. The summed E-state index contributed by atoms with van der Waals surface area (Å²) in [5.74, 6) is 0.102. The van der Waals surface area contributed by atoms with E-state index in [0.717, 1.165) is 0 Å². The van der Waals surface area contributed by atoms with Crippen LogP contribution in [0.5, 0.6) is 0 Å². The smallest absolute Gasteiger partial charge is 0.407 e. The molecule has 16 heavy (non-hydrogen) atoms. The van der Waals surface area contributed by atoms with E-state index in [9.17, 15) is 13.2 Å². The normalized spacial score (nSPS) is 35.7. The Morgan fingerprint density at radius 1 is 1.62 bits per heavy atom. The van der Waals surface area contributed by atoms with Crippen molar-refractivity contribution in [3.63, 3.8) is 0 Å². The molecule has 2 saturated heterocycles. The minimum Gasteiger partial charge on any atom is -0.447 e. The number of rotatable bonds is 3. The van der Waals surface area contributed by atoms with Crippen LogP contribution >= 0.6 is 0 Å². The average Bonchev–Trinajstić information content (AvgIpc) is 2.90. The molecule has 1 N–H and O–H groups in total. The number of amides is 1. The first-order valence-corrected chi connectivity index (χ1v) is 6.98. The predicted molar refractivity (Wildman–Crippen MR) is 55.9 cm³/mol. The van der Waals surface area contributed by atoms with Gasteiger partial charge in [0, 0.05) is 0 Å². The van der Waals surface area contributed by atoms with E-state index < -0.39 is 21.5 Å². The predicted octanol–water partition coefficient (Wildman–Crippen LogP) is -0.311. The summed E-state index contributed by atoms with van der Waals surface area (Å²) >= 11 is 0. The van der Waals surface area contributed by atoms with E-state index in [-0.39, 0.29) is 24.2 Å². The third kappa shape index (κ3) is 3.08. The van der Waals surface area contributed by atoms with E-state index >= 15 is 0 Å². The molecule has 0 radical (unpaired) electrons. The Morgan fingerprint density at radius 3 is 2.81 bits per heavy atom. The summed E-state index contributed by atoms with van der Waals surface area (Å²) in [6.07, 6.45) is -0.120. The minimum absolute atomic E-state index is 0.0188. The van der Waals surface area contributed by atoms with Gasteiger partial charge < -0.3 is 14.8 Å². The molecule has 0 saturated carbocycles. The van der Waals surface area contributed by atoms with Crippen LogP contribution in [0.1, 0.15) is 13.3 Å². The van der Waals surface area contributed by atoms with Gasteiger partial charge >= 0.3 is 6.09 Å². The molecular weight excluding hydrogens is 234 g/mol. The van der Waals surface area contributed by atoms with Crippen LogP contribution in [0.25, 0.3) is 0 Å². The lowest BCUT2D eigenvalue weighted by Gasteiger charge is -2.23.